The molecule has 0 bridgehead atoms. The number of nitrogens with one attached hydrogen (secondary N) is 1. The number of nitrogens with zero attached hydrogens (tertiary/aromatic N) is 1. The van der Waals surface area contributed by atoms with E-state index in [4.69, 9.17) is 4.74 Å². The highest BCUT2D eigenvalue weighted by atomic mass is 16.5. The van der Waals surface area contributed by atoms with Crippen LogP contribution in [-0.2, 0) is 6.42 Å². The van der Waals surface area contributed by atoms with Gasteiger partial charge in [0, 0.05) is 24.3 Å². The van der Waals surface area contributed by atoms with E-state index >= 15 is 0 Å². The maximum atomic E-state index is 6.22. The molecule has 2 aliphatic heterocycles. The SMILES string of the molecule is CNCC1Oc2ccccc2C1N1CCCc2ccccc21. The Bertz CT molecular complexity index is 670. The summed E-state index contributed by atoms with van der Waals surface area (Å²) in [5, 5.41) is 3.29. The second-order valence-electron chi connectivity index (χ2n) is 6.12. The number of rotatable bonds is 3. The van der Waals surface area contributed by atoms with Crippen LogP contribution in [0.25, 0.3) is 0 Å². The van der Waals surface area contributed by atoms with E-state index in [0.717, 1.165) is 18.8 Å². The number of aryl methyl sites for hydroxylation is 1. The summed E-state index contributed by atoms with van der Waals surface area (Å²) < 4.78 is 6.22. The molecule has 2 atom stereocenters. The molecular formula is C19H22N2O. The van der Waals surface area contributed by atoms with Gasteiger partial charge in [-0.05, 0) is 37.6 Å². The average Bonchev–Trinajstić information content (AvgIpc) is 2.92. The van der Waals surface area contributed by atoms with Crippen LogP contribution in [0.2, 0.25) is 0 Å². The lowest BCUT2D eigenvalue weighted by molar-refractivity contribution is 0.200. The molecule has 22 heavy (non-hydrogen) atoms. The van der Waals surface area contributed by atoms with Gasteiger partial charge in [0.25, 0.3) is 0 Å². The van der Waals surface area contributed by atoms with Crippen molar-refractivity contribution in [2.75, 3.05) is 25.0 Å². The maximum absolute atomic E-state index is 6.22. The quantitative estimate of drug-likeness (QED) is 0.941. The van der Waals surface area contributed by atoms with E-state index in [1.165, 1.54) is 29.7 Å². The number of para-hydroxylation sites is 2. The predicted molar refractivity (Wildman–Crippen MR) is 89.6 cm³/mol. The standard InChI is InChI=1S/C19H22N2O/c1-20-13-18-19(15-9-3-5-11-17(15)22-18)21-12-6-8-14-7-2-4-10-16(14)21/h2-5,7,9-11,18-20H,6,8,12-13H2,1H3. The Morgan fingerprint density at radius 1 is 1.14 bits per heavy atom. The van der Waals surface area contributed by atoms with Crippen LogP contribution in [0.5, 0.6) is 5.75 Å². The lowest BCUT2D eigenvalue weighted by atomic mass is 9.95. The number of hydrogen-bond donors (Lipinski definition) is 1. The fourth-order valence-corrected chi connectivity index (χ4v) is 3.83. The predicted octanol–water partition coefficient (Wildman–Crippen LogP) is 3.16. The van der Waals surface area contributed by atoms with E-state index in [1.54, 1.807) is 0 Å². The van der Waals surface area contributed by atoms with Crippen molar-refractivity contribution < 1.29 is 4.74 Å². The molecule has 2 unspecified atom stereocenters. The van der Waals surface area contributed by atoms with E-state index in [1.807, 2.05) is 7.05 Å². The minimum Gasteiger partial charge on any atom is -0.486 e. The normalized spacial score (nSPS) is 22.9. The van der Waals surface area contributed by atoms with Crippen LogP contribution in [-0.4, -0.2) is 26.2 Å². The molecule has 0 aromatic heterocycles. The smallest absolute Gasteiger partial charge is 0.136 e. The van der Waals surface area contributed by atoms with E-state index < -0.39 is 0 Å². The monoisotopic (exact) mass is 294 g/mol. The van der Waals surface area contributed by atoms with Gasteiger partial charge in [0.05, 0.1) is 6.04 Å². The first-order chi connectivity index (χ1) is 10.9. The molecule has 0 spiro atoms. The molecule has 3 nitrogen and oxygen atoms in total. The highest BCUT2D eigenvalue weighted by Crippen LogP contribution is 2.44. The van der Waals surface area contributed by atoms with Gasteiger partial charge in [0.1, 0.15) is 11.9 Å². The summed E-state index contributed by atoms with van der Waals surface area (Å²) in [7, 11) is 1.99. The third kappa shape index (κ3) is 2.17. The molecule has 1 N–H and O–H groups in total. The summed E-state index contributed by atoms with van der Waals surface area (Å²) in [5.74, 6) is 1.04. The number of hydrogen-bond acceptors (Lipinski definition) is 3. The summed E-state index contributed by atoms with van der Waals surface area (Å²) in [6.07, 6.45) is 2.55. The molecule has 4 rings (SSSR count). The number of likely N-dealkylation sites (N-methyl/N-ethyl adjacent to an activating group) is 1. The molecule has 2 aromatic rings. The van der Waals surface area contributed by atoms with E-state index in [0.29, 0.717) is 6.04 Å². The molecule has 2 heterocycles. The van der Waals surface area contributed by atoms with Gasteiger partial charge < -0.3 is 15.0 Å². The van der Waals surface area contributed by atoms with Crippen molar-refractivity contribution in [3.8, 4) is 5.75 Å². The largest absolute Gasteiger partial charge is 0.486 e. The van der Waals surface area contributed by atoms with E-state index in [-0.39, 0.29) is 6.10 Å². The molecule has 114 valence electrons. The number of benzene rings is 2. The van der Waals surface area contributed by atoms with Crippen LogP contribution in [0.15, 0.2) is 48.5 Å². The van der Waals surface area contributed by atoms with Crippen molar-refractivity contribution in [3.05, 3.63) is 59.7 Å². The van der Waals surface area contributed by atoms with Crippen LogP contribution >= 0.6 is 0 Å². The van der Waals surface area contributed by atoms with Gasteiger partial charge in [-0.1, -0.05) is 36.4 Å². The van der Waals surface area contributed by atoms with Crippen LogP contribution in [0.1, 0.15) is 23.6 Å². The van der Waals surface area contributed by atoms with Gasteiger partial charge in [0.2, 0.25) is 0 Å². The van der Waals surface area contributed by atoms with Gasteiger partial charge in [-0.2, -0.15) is 0 Å². The molecule has 0 fully saturated rings. The van der Waals surface area contributed by atoms with Crippen molar-refractivity contribution in [3.63, 3.8) is 0 Å². The van der Waals surface area contributed by atoms with Gasteiger partial charge in [-0.15, -0.1) is 0 Å². The molecule has 0 saturated heterocycles. The van der Waals surface area contributed by atoms with Gasteiger partial charge in [0.15, 0.2) is 0 Å². The summed E-state index contributed by atoms with van der Waals surface area (Å²) in [5.41, 5.74) is 4.15. The zero-order valence-corrected chi connectivity index (χ0v) is 13.0. The summed E-state index contributed by atoms with van der Waals surface area (Å²) >= 11 is 0. The Labute approximate surface area is 131 Å². The first kappa shape index (κ1) is 13.6. The zero-order chi connectivity index (χ0) is 14.9. The first-order valence-electron chi connectivity index (χ1n) is 8.13. The van der Waals surface area contributed by atoms with Crippen LogP contribution in [0.4, 0.5) is 5.69 Å². The van der Waals surface area contributed by atoms with Crippen molar-refractivity contribution in [1.82, 2.24) is 5.32 Å². The molecule has 2 aromatic carbocycles. The van der Waals surface area contributed by atoms with Crippen molar-refractivity contribution in [2.24, 2.45) is 0 Å². The third-order valence-electron chi connectivity index (χ3n) is 4.76. The Hall–Kier alpha value is -2.00. The molecule has 0 aliphatic carbocycles. The zero-order valence-electron chi connectivity index (χ0n) is 13.0. The third-order valence-corrected chi connectivity index (χ3v) is 4.76. The minimum absolute atomic E-state index is 0.161. The molecular weight excluding hydrogens is 272 g/mol. The summed E-state index contributed by atoms with van der Waals surface area (Å²) in [6, 6.07) is 17.6. The lowest BCUT2D eigenvalue weighted by Gasteiger charge is -2.38. The molecule has 0 amide bonds. The first-order valence-corrected chi connectivity index (χ1v) is 8.13. The highest BCUT2D eigenvalue weighted by molar-refractivity contribution is 5.59. The Balaban J connectivity index is 1.77. The molecule has 3 heteroatoms. The fourth-order valence-electron chi connectivity index (χ4n) is 3.83. The maximum Gasteiger partial charge on any atom is 0.136 e. The number of ether oxygens (including phenoxy) is 1. The van der Waals surface area contributed by atoms with E-state index in [9.17, 15) is 0 Å². The van der Waals surface area contributed by atoms with Crippen molar-refractivity contribution in [2.45, 2.75) is 25.0 Å². The number of anilines is 1. The summed E-state index contributed by atoms with van der Waals surface area (Å²) in [4.78, 5) is 2.55. The van der Waals surface area contributed by atoms with Crippen molar-refractivity contribution in [1.29, 1.82) is 0 Å². The summed E-state index contributed by atoms with van der Waals surface area (Å²) in [6.45, 7) is 1.96. The number of fused-ring (bicyclic) bond motifs is 2. The average molecular weight is 294 g/mol. The second-order valence-corrected chi connectivity index (χ2v) is 6.12. The lowest BCUT2D eigenvalue weighted by Crippen LogP contribution is -2.42. The topological polar surface area (TPSA) is 24.5 Å². The van der Waals surface area contributed by atoms with Crippen LogP contribution < -0.4 is 15.0 Å². The second kappa shape index (κ2) is 5.65. The van der Waals surface area contributed by atoms with Crippen molar-refractivity contribution >= 4 is 5.69 Å². The van der Waals surface area contributed by atoms with Gasteiger partial charge in [-0.3, -0.25) is 0 Å². The van der Waals surface area contributed by atoms with Gasteiger partial charge >= 0.3 is 0 Å². The Morgan fingerprint density at radius 3 is 2.86 bits per heavy atom. The molecule has 0 radical (unpaired) electrons. The fraction of sp³-hybridized carbons (Fsp3) is 0.368. The minimum atomic E-state index is 0.161. The van der Waals surface area contributed by atoms with Crippen LogP contribution in [0, 0.1) is 0 Å². The Kier molecular flexibility index (Phi) is 3.51. The molecule has 0 saturated carbocycles. The van der Waals surface area contributed by atoms with E-state index in [2.05, 4.69) is 58.7 Å². The highest BCUT2D eigenvalue weighted by Gasteiger charge is 2.39. The Morgan fingerprint density at radius 2 is 1.95 bits per heavy atom. The van der Waals surface area contributed by atoms with Crippen LogP contribution in [0.3, 0.4) is 0 Å². The van der Waals surface area contributed by atoms with Gasteiger partial charge in [-0.25, -0.2) is 0 Å². The molecule has 2 aliphatic rings.